The lowest BCUT2D eigenvalue weighted by Gasteiger charge is -2.09. The molecule has 0 unspecified atom stereocenters. The van der Waals surface area contributed by atoms with E-state index in [1.807, 2.05) is 0 Å². The number of aromatic amines is 1. The Labute approximate surface area is 149 Å². The first kappa shape index (κ1) is 16.8. The Hall–Kier alpha value is -2.68. The Morgan fingerprint density at radius 3 is 2.54 bits per heavy atom. The molecule has 0 bridgehead atoms. The number of nitrogens with one attached hydrogen (secondary N) is 2. The molecular formula is C17H17FN4O3S. The van der Waals surface area contributed by atoms with Crippen LogP contribution in [-0.2, 0) is 10.0 Å². The molecule has 4 rings (SSSR count). The zero-order valence-corrected chi connectivity index (χ0v) is 15.0. The van der Waals surface area contributed by atoms with Crippen LogP contribution < -0.4 is 4.72 Å². The summed E-state index contributed by atoms with van der Waals surface area (Å²) < 4.78 is 46.8. The number of H-pyrrole nitrogens is 1. The van der Waals surface area contributed by atoms with Gasteiger partial charge in [0, 0.05) is 23.0 Å². The molecule has 2 N–H and O–H groups in total. The maximum absolute atomic E-state index is 13.1. The van der Waals surface area contributed by atoms with Crippen LogP contribution in [0.25, 0.3) is 11.5 Å². The first-order valence-corrected chi connectivity index (χ1v) is 9.65. The van der Waals surface area contributed by atoms with E-state index in [1.165, 1.54) is 24.3 Å². The van der Waals surface area contributed by atoms with Crippen molar-refractivity contribution in [3.8, 4) is 11.5 Å². The van der Waals surface area contributed by atoms with Gasteiger partial charge in [-0.2, -0.15) is 4.98 Å². The highest BCUT2D eigenvalue weighted by Gasteiger charge is 2.32. The summed E-state index contributed by atoms with van der Waals surface area (Å²) in [7, 11) is -3.94. The lowest BCUT2D eigenvalue weighted by molar-refractivity contribution is 0.421. The summed E-state index contributed by atoms with van der Waals surface area (Å²) in [6.45, 7) is 3.41. The normalized spacial score (nSPS) is 14.6. The number of aromatic nitrogens is 3. The van der Waals surface area contributed by atoms with E-state index in [1.54, 1.807) is 13.8 Å². The Balaban J connectivity index is 1.76. The molecule has 1 aromatic carbocycles. The van der Waals surface area contributed by atoms with Gasteiger partial charge >= 0.3 is 0 Å². The van der Waals surface area contributed by atoms with Crippen LogP contribution in [0.2, 0.25) is 0 Å². The molecule has 2 aromatic heterocycles. The fourth-order valence-electron chi connectivity index (χ4n) is 2.92. The Kier molecular flexibility index (Phi) is 3.83. The van der Waals surface area contributed by atoms with Gasteiger partial charge in [-0.15, -0.1) is 0 Å². The van der Waals surface area contributed by atoms with Gasteiger partial charge in [-0.05, 0) is 51.0 Å². The van der Waals surface area contributed by atoms with Gasteiger partial charge in [-0.3, -0.25) is 4.72 Å². The number of hydrogen-bond donors (Lipinski definition) is 2. The maximum Gasteiger partial charge on any atom is 0.264 e. The number of aryl methyl sites for hydroxylation is 2. The molecule has 0 atom stereocenters. The average Bonchev–Trinajstić information content (AvgIpc) is 3.23. The van der Waals surface area contributed by atoms with Gasteiger partial charge < -0.3 is 9.51 Å². The van der Waals surface area contributed by atoms with Crippen molar-refractivity contribution in [2.24, 2.45) is 0 Å². The monoisotopic (exact) mass is 376 g/mol. The third-order valence-corrected chi connectivity index (χ3v) is 5.83. The van der Waals surface area contributed by atoms with Gasteiger partial charge in [0.1, 0.15) is 10.7 Å². The van der Waals surface area contributed by atoms with E-state index >= 15 is 0 Å². The summed E-state index contributed by atoms with van der Waals surface area (Å²) in [4.78, 5) is 7.44. The molecule has 3 aromatic rings. The van der Waals surface area contributed by atoms with Gasteiger partial charge in [-0.25, -0.2) is 12.8 Å². The second-order valence-electron chi connectivity index (χ2n) is 6.42. The minimum absolute atomic E-state index is 0.0466. The predicted octanol–water partition coefficient (Wildman–Crippen LogP) is 3.50. The molecule has 1 aliphatic rings. The zero-order valence-electron chi connectivity index (χ0n) is 14.2. The van der Waals surface area contributed by atoms with E-state index in [9.17, 15) is 12.8 Å². The van der Waals surface area contributed by atoms with Crippen LogP contribution in [0.4, 0.5) is 10.1 Å². The number of halogens is 1. The first-order chi connectivity index (χ1) is 12.3. The van der Waals surface area contributed by atoms with Crippen LogP contribution in [0.5, 0.6) is 0 Å². The van der Waals surface area contributed by atoms with Gasteiger partial charge in [-0.1, -0.05) is 5.16 Å². The number of nitrogens with zero attached hydrogens (tertiary/aromatic N) is 2. The maximum atomic E-state index is 13.1. The number of hydrogen-bond acceptors (Lipinski definition) is 5. The lowest BCUT2D eigenvalue weighted by Crippen LogP contribution is -2.14. The molecule has 1 fully saturated rings. The summed E-state index contributed by atoms with van der Waals surface area (Å²) in [5.41, 5.74) is 1.70. The Morgan fingerprint density at radius 1 is 1.19 bits per heavy atom. The van der Waals surface area contributed by atoms with Crippen molar-refractivity contribution < 1.29 is 17.3 Å². The standard InChI is InChI=1S/C17H17FN4O3S/c1-9-14(17-20-16(21-25-17)11-3-4-11)15(10(2)19-9)26(23,24)22-13-7-5-12(18)6-8-13/h5-8,11,19,22H,3-4H2,1-2H3. The topological polar surface area (TPSA) is 101 Å². The quantitative estimate of drug-likeness (QED) is 0.710. The zero-order chi connectivity index (χ0) is 18.5. The van der Waals surface area contributed by atoms with Crippen molar-refractivity contribution in [3.05, 3.63) is 47.3 Å². The molecule has 1 saturated carbocycles. The summed E-state index contributed by atoms with van der Waals surface area (Å²) in [6.07, 6.45) is 2.03. The van der Waals surface area contributed by atoms with Crippen LogP contribution >= 0.6 is 0 Å². The van der Waals surface area contributed by atoms with E-state index < -0.39 is 15.8 Å². The molecule has 26 heavy (non-hydrogen) atoms. The second-order valence-corrected chi connectivity index (χ2v) is 8.04. The van der Waals surface area contributed by atoms with Crippen molar-refractivity contribution in [2.45, 2.75) is 37.5 Å². The molecule has 2 heterocycles. The van der Waals surface area contributed by atoms with E-state index in [2.05, 4.69) is 19.8 Å². The molecule has 0 amide bonds. The van der Waals surface area contributed by atoms with Gasteiger partial charge in [0.05, 0.1) is 5.56 Å². The van der Waals surface area contributed by atoms with E-state index in [-0.39, 0.29) is 16.5 Å². The summed E-state index contributed by atoms with van der Waals surface area (Å²) in [5.74, 6) is 0.632. The SMILES string of the molecule is Cc1[nH]c(C)c(S(=O)(=O)Nc2ccc(F)cc2)c1-c1nc(C2CC2)no1. The summed E-state index contributed by atoms with van der Waals surface area (Å²) >= 11 is 0. The first-order valence-electron chi connectivity index (χ1n) is 8.16. The van der Waals surface area contributed by atoms with Crippen molar-refractivity contribution in [2.75, 3.05) is 4.72 Å². The summed E-state index contributed by atoms with van der Waals surface area (Å²) in [6, 6.07) is 5.10. The molecule has 0 radical (unpaired) electrons. The number of benzene rings is 1. The van der Waals surface area contributed by atoms with Gasteiger partial charge in [0.2, 0.25) is 0 Å². The highest BCUT2D eigenvalue weighted by Crippen LogP contribution is 2.40. The van der Waals surface area contributed by atoms with Gasteiger partial charge in [0.15, 0.2) is 5.82 Å². The van der Waals surface area contributed by atoms with Crippen LogP contribution in [0, 0.1) is 19.7 Å². The lowest BCUT2D eigenvalue weighted by atomic mass is 10.2. The molecule has 1 aliphatic carbocycles. The fraction of sp³-hybridized carbons (Fsp3) is 0.294. The minimum atomic E-state index is -3.94. The molecule has 7 nitrogen and oxygen atoms in total. The highest BCUT2D eigenvalue weighted by atomic mass is 32.2. The third-order valence-electron chi connectivity index (χ3n) is 4.28. The van der Waals surface area contributed by atoms with Crippen LogP contribution in [0.3, 0.4) is 0 Å². The predicted molar refractivity (Wildman–Crippen MR) is 92.7 cm³/mol. The van der Waals surface area contributed by atoms with Crippen molar-refractivity contribution >= 4 is 15.7 Å². The Morgan fingerprint density at radius 2 is 1.88 bits per heavy atom. The fourth-order valence-corrected chi connectivity index (χ4v) is 4.43. The van der Waals surface area contributed by atoms with E-state index in [4.69, 9.17) is 4.52 Å². The molecule has 136 valence electrons. The molecule has 0 saturated heterocycles. The number of sulfonamides is 1. The highest BCUT2D eigenvalue weighted by molar-refractivity contribution is 7.93. The Bertz CT molecular complexity index is 1070. The smallest absolute Gasteiger partial charge is 0.264 e. The van der Waals surface area contributed by atoms with Crippen molar-refractivity contribution in [1.29, 1.82) is 0 Å². The van der Waals surface area contributed by atoms with Crippen molar-refractivity contribution in [1.82, 2.24) is 15.1 Å². The van der Waals surface area contributed by atoms with Crippen LogP contribution in [0.15, 0.2) is 33.7 Å². The minimum Gasteiger partial charge on any atom is -0.361 e. The van der Waals surface area contributed by atoms with Crippen LogP contribution in [-0.4, -0.2) is 23.5 Å². The third kappa shape index (κ3) is 2.98. The second kappa shape index (κ2) is 5.94. The number of anilines is 1. The van der Waals surface area contributed by atoms with Crippen molar-refractivity contribution in [3.63, 3.8) is 0 Å². The molecule has 9 heteroatoms. The van der Waals surface area contributed by atoms with E-state index in [0.29, 0.717) is 28.7 Å². The van der Waals surface area contributed by atoms with Crippen LogP contribution in [0.1, 0.15) is 36.0 Å². The van der Waals surface area contributed by atoms with E-state index in [0.717, 1.165) is 12.8 Å². The largest absolute Gasteiger partial charge is 0.361 e. The molecular weight excluding hydrogens is 359 g/mol. The number of rotatable bonds is 5. The van der Waals surface area contributed by atoms with Gasteiger partial charge in [0.25, 0.3) is 15.9 Å². The summed E-state index contributed by atoms with van der Waals surface area (Å²) in [5, 5.41) is 3.96. The molecule has 0 spiro atoms. The molecule has 0 aliphatic heterocycles. The average molecular weight is 376 g/mol.